The number of allylic oxidation sites excluding steroid dienone is 1. The zero-order valence-corrected chi connectivity index (χ0v) is 12.8. The van der Waals surface area contributed by atoms with Crippen LogP contribution in [-0.4, -0.2) is 76.3 Å². The SMILES string of the molecule is CCC(=O)N[C@H]1CN(CC/C=C\C(F)(F)F)[C@H](CO)[C@@H](O)[C@@H]1O. The molecule has 1 aliphatic rings. The highest BCUT2D eigenvalue weighted by Gasteiger charge is 2.41. The first-order valence-corrected chi connectivity index (χ1v) is 7.44. The van der Waals surface area contributed by atoms with Crippen LogP contribution in [0.3, 0.4) is 0 Å². The van der Waals surface area contributed by atoms with E-state index < -0.39 is 37.1 Å². The summed E-state index contributed by atoms with van der Waals surface area (Å²) in [7, 11) is 0. The number of aliphatic hydroxyl groups excluding tert-OH is 3. The highest BCUT2D eigenvalue weighted by Crippen LogP contribution is 2.20. The molecule has 0 spiro atoms. The van der Waals surface area contributed by atoms with E-state index in [2.05, 4.69) is 5.32 Å². The van der Waals surface area contributed by atoms with Gasteiger partial charge in [-0.15, -0.1) is 0 Å². The van der Waals surface area contributed by atoms with Gasteiger partial charge in [-0.25, -0.2) is 0 Å². The Kier molecular flexibility index (Phi) is 7.46. The van der Waals surface area contributed by atoms with Crippen LogP contribution in [0.15, 0.2) is 12.2 Å². The number of halogens is 3. The summed E-state index contributed by atoms with van der Waals surface area (Å²) in [6, 6.07) is -1.54. The molecule has 9 heteroatoms. The van der Waals surface area contributed by atoms with Gasteiger partial charge in [0.15, 0.2) is 0 Å². The average Bonchev–Trinajstić information content (AvgIpc) is 2.47. The van der Waals surface area contributed by atoms with Crippen molar-refractivity contribution in [3.05, 3.63) is 12.2 Å². The van der Waals surface area contributed by atoms with Crippen LogP contribution in [0, 0.1) is 0 Å². The first kappa shape index (κ1) is 19.9. The van der Waals surface area contributed by atoms with Crippen molar-refractivity contribution in [1.29, 1.82) is 0 Å². The van der Waals surface area contributed by atoms with Crippen molar-refractivity contribution in [2.24, 2.45) is 0 Å². The molecule has 0 saturated carbocycles. The van der Waals surface area contributed by atoms with E-state index in [4.69, 9.17) is 0 Å². The maximum absolute atomic E-state index is 12.1. The molecule has 0 bridgehead atoms. The lowest BCUT2D eigenvalue weighted by Crippen LogP contribution is -2.66. The number of nitrogens with one attached hydrogen (secondary N) is 1. The first-order valence-electron chi connectivity index (χ1n) is 7.44. The number of likely N-dealkylation sites (tertiary alicyclic amines) is 1. The normalized spacial score (nSPS) is 29.9. The minimum atomic E-state index is -4.38. The van der Waals surface area contributed by atoms with Crippen molar-refractivity contribution in [3.8, 4) is 0 Å². The number of nitrogens with zero attached hydrogens (tertiary/aromatic N) is 1. The van der Waals surface area contributed by atoms with E-state index >= 15 is 0 Å². The minimum Gasteiger partial charge on any atom is -0.395 e. The van der Waals surface area contributed by atoms with Gasteiger partial charge in [0.2, 0.25) is 5.91 Å². The van der Waals surface area contributed by atoms with E-state index in [-0.39, 0.29) is 37.9 Å². The lowest BCUT2D eigenvalue weighted by atomic mass is 9.92. The second-order valence-corrected chi connectivity index (χ2v) is 5.49. The van der Waals surface area contributed by atoms with E-state index in [1.807, 2.05) is 0 Å². The number of amides is 1. The number of hydrogen-bond acceptors (Lipinski definition) is 5. The molecule has 6 nitrogen and oxygen atoms in total. The van der Waals surface area contributed by atoms with Crippen LogP contribution in [0.1, 0.15) is 19.8 Å². The Balaban J connectivity index is 2.70. The van der Waals surface area contributed by atoms with Crippen molar-refractivity contribution in [2.75, 3.05) is 19.7 Å². The molecule has 1 rings (SSSR count). The fourth-order valence-corrected chi connectivity index (χ4v) is 2.56. The van der Waals surface area contributed by atoms with E-state index in [9.17, 15) is 33.3 Å². The van der Waals surface area contributed by atoms with Crippen molar-refractivity contribution in [2.45, 2.75) is 50.2 Å². The van der Waals surface area contributed by atoms with Crippen molar-refractivity contribution < 1.29 is 33.3 Å². The van der Waals surface area contributed by atoms with Gasteiger partial charge in [-0.3, -0.25) is 9.69 Å². The van der Waals surface area contributed by atoms with E-state index in [1.165, 1.54) is 0 Å². The van der Waals surface area contributed by atoms with Gasteiger partial charge in [-0.05, 0) is 6.42 Å². The Labute approximate surface area is 132 Å². The maximum Gasteiger partial charge on any atom is 0.409 e. The van der Waals surface area contributed by atoms with Gasteiger partial charge < -0.3 is 20.6 Å². The molecule has 23 heavy (non-hydrogen) atoms. The zero-order chi connectivity index (χ0) is 17.6. The summed E-state index contributed by atoms with van der Waals surface area (Å²) in [6.45, 7) is 1.47. The summed E-state index contributed by atoms with van der Waals surface area (Å²) in [5.74, 6) is -0.305. The molecule has 0 aromatic carbocycles. The summed E-state index contributed by atoms with van der Waals surface area (Å²) in [4.78, 5) is 13.0. The topological polar surface area (TPSA) is 93.0 Å². The molecule has 0 aromatic rings. The molecule has 1 heterocycles. The lowest BCUT2D eigenvalue weighted by molar-refractivity contribution is -0.130. The Hall–Kier alpha value is -1.16. The molecule has 1 saturated heterocycles. The second-order valence-electron chi connectivity index (χ2n) is 5.49. The number of alkyl halides is 3. The predicted molar refractivity (Wildman–Crippen MR) is 76.5 cm³/mol. The van der Waals surface area contributed by atoms with Gasteiger partial charge in [0, 0.05) is 25.6 Å². The van der Waals surface area contributed by atoms with Crippen LogP contribution in [0.2, 0.25) is 0 Å². The van der Waals surface area contributed by atoms with Gasteiger partial charge in [0.1, 0.15) is 6.10 Å². The molecular weight excluding hydrogens is 317 g/mol. The first-order chi connectivity index (χ1) is 10.7. The standard InChI is InChI=1S/C14H23F3N2O4/c1-2-11(21)18-9-7-19(6-4-3-5-14(15,16)17)10(8-20)13(23)12(9)22/h3,5,9-10,12-13,20,22-23H,2,4,6-8H2,1H3,(H,18,21)/b5-3-/t9-,10+,12+,13+/m0/s1. The Morgan fingerprint density at radius 2 is 2.00 bits per heavy atom. The summed E-state index contributed by atoms with van der Waals surface area (Å²) >= 11 is 0. The highest BCUT2D eigenvalue weighted by molar-refractivity contribution is 5.75. The molecule has 4 N–H and O–H groups in total. The molecule has 1 fully saturated rings. The number of aliphatic hydroxyl groups is 3. The summed E-state index contributed by atoms with van der Waals surface area (Å²) < 4.78 is 36.2. The van der Waals surface area contributed by atoms with Gasteiger partial charge in [0.25, 0.3) is 0 Å². The van der Waals surface area contributed by atoms with E-state index in [0.717, 1.165) is 6.08 Å². The number of carbonyl (C=O) groups excluding carboxylic acids is 1. The Bertz CT molecular complexity index is 417. The van der Waals surface area contributed by atoms with Crippen LogP contribution >= 0.6 is 0 Å². The number of rotatable bonds is 6. The lowest BCUT2D eigenvalue weighted by Gasteiger charge is -2.45. The molecule has 4 atom stereocenters. The smallest absolute Gasteiger partial charge is 0.395 e. The predicted octanol–water partition coefficient (Wildman–Crippen LogP) is -0.212. The fourth-order valence-electron chi connectivity index (χ4n) is 2.56. The van der Waals surface area contributed by atoms with Gasteiger partial charge >= 0.3 is 6.18 Å². The quantitative estimate of drug-likeness (QED) is 0.502. The molecule has 1 amide bonds. The fraction of sp³-hybridized carbons (Fsp3) is 0.786. The average molecular weight is 340 g/mol. The maximum atomic E-state index is 12.1. The Morgan fingerprint density at radius 3 is 2.52 bits per heavy atom. The van der Waals surface area contributed by atoms with E-state index in [0.29, 0.717) is 0 Å². The van der Waals surface area contributed by atoms with Crippen LogP contribution in [-0.2, 0) is 4.79 Å². The van der Waals surface area contributed by atoms with Gasteiger partial charge in [-0.2, -0.15) is 13.2 Å². The van der Waals surface area contributed by atoms with Gasteiger partial charge in [-0.1, -0.05) is 13.0 Å². The summed E-state index contributed by atoms with van der Waals surface area (Å²) in [5, 5.41) is 32.0. The second kappa shape index (κ2) is 8.62. The van der Waals surface area contributed by atoms with E-state index in [1.54, 1.807) is 11.8 Å². The largest absolute Gasteiger partial charge is 0.409 e. The number of carbonyl (C=O) groups is 1. The van der Waals surface area contributed by atoms with Crippen LogP contribution in [0.4, 0.5) is 13.2 Å². The van der Waals surface area contributed by atoms with Crippen molar-refractivity contribution >= 4 is 5.91 Å². The van der Waals surface area contributed by atoms with Crippen molar-refractivity contribution in [3.63, 3.8) is 0 Å². The number of piperidine rings is 1. The third-order valence-corrected chi connectivity index (χ3v) is 3.80. The minimum absolute atomic E-state index is 0.0628. The zero-order valence-electron chi connectivity index (χ0n) is 12.8. The monoisotopic (exact) mass is 340 g/mol. The van der Waals surface area contributed by atoms with Crippen LogP contribution < -0.4 is 5.32 Å². The third kappa shape index (κ3) is 6.09. The molecule has 0 radical (unpaired) electrons. The van der Waals surface area contributed by atoms with Crippen LogP contribution in [0.25, 0.3) is 0 Å². The molecule has 1 aliphatic heterocycles. The van der Waals surface area contributed by atoms with Gasteiger partial charge in [0.05, 0.1) is 24.8 Å². The summed E-state index contributed by atoms with van der Waals surface area (Å²) in [5.41, 5.74) is 0. The summed E-state index contributed by atoms with van der Waals surface area (Å²) in [6.07, 6.45) is -5.57. The number of hydrogen-bond donors (Lipinski definition) is 4. The van der Waals surface area contributed by atoms with Crippen molar-refractivity contribution in [1.82, 2.24) is 10.2 Å². The molecule has 0 aromatic heterocycles. The third-order valence-electron chi connectivity index (χ3n) is 3.80. The molecule has 0 unspecified atom stereocenters. The molecular formula is C14H23F3N2O4. The molecule has 0 aliphatic carbocycles. The Morgan fingerprint density at radius 1 is 1.35 bits per heavy atom. The molecule has 134 valence electrons. The van der Waals surface area contributed by atoms with Crippen LogP contribution in [0.5, 0.6) is 0 Å². The highest BCUT2D eigenvalue weighted by atomic mass is 19.4.